The summed E-state index contributed by atoms with van der Waals surface area (Å²) in [6.07, 6.45) is -2.85. The summed E-state index contributed by atoms with van der Waals surface area (Å²) in [7, 11) is 0. The lowest BCUT2D eigenvalue weighted by molar-refractivity contribution is -0.384. The molecule has 0 fully saturated rings. The number of fused-ring (bicyclic) bond motifs is 1. The summed E-state index contributed by atoms with van der Waals surface area (Å²) in [6, 6.07) is 3.07. The van der Waals surface area contributed by atoms with E-state index in [9.17, 15) is 28.5 Å². The van der Waals surface area contributed by atoms with Gasteiger partial charge in [-0.25, -0.2) is 8.78 Å². The van der Waals surface area contributed by atoms with Crippen molar-refractivity contribution in [3.63, 3.8) is 0 Å². The number of nitro benzene ring substituents is 1. The Balaban J connectivity index is 2.42. The molecule has 8 heteroatoms. The van der Waals surface area contributed by atoms with Crippen LogP contribution in [0.5, 0.6) is 0 Å². The van der Waals surface area contributed by atoms with Gasteiger partial charge in [-0.1, -0.05) is 0 Å². The lowest BCUT2D eigenvalue weighted by atomic mass is 10.1. The van der Waals surface area contributed by atoms with Gasteiger partial charge in [0.2, 0.25) is 0 Å². The first-order valence-electron chi connectivity index (χ1n) is 4.84. The van der Waals surface area contributed by atoms with E-state index >= 15 is 0 Å². The molecule has 1 aromatic rings. The van der Waals surface area contributed by atoms with E-state index < -0.39 is 29.7 Å². The summed E-state index contributed by atoms with van der Waals surface area (Å²) in [6.45, 7) is -1.01. The minimum absolute atomic E-state index is 0.0914. The van der Waals surface area contributed by atoms with Crippen molar-refractivity contribution in [1.29, 1.82) is 0 Å². The predicted molar refractivity (Wildman–Crippen MR) is 54.5 cm³/mol. The zero-order valence-electron chi connectivity index (χ0n) is 8.80. The van der Waals surface area contributed by atoms with Gasteiger partial charge < -0.3 is 0 Å². The number of rotatable bonds is 3. The number of hydrogen-bond donors (Lipinski definition) is 0. The highest BCUT2D eigenvalue weighted by Gasteiger charge is 2.37. The van der Waals surface area contributed by atoms with Gasteiger partial charge in [-0.3, -0.25) is 24.6 Å². The zero-order chi connectivity index (χ0) is 13.4. The molecule has 1 heterocycles. The molecule has 0 aliphatic carbocycles. The summed E-state index contributed by atoms with van der Waals surface area (Å²) in [5.41, 5.74) is -0.671. The molecule has 94 valence electrons. The van der Waals surface area contributed by atoms with Crippen molar-refractivity contribution in [2.45, 2.75) is 6.43 Å². The highest BCUT2D eigenvalue weighted by atomic mass is 19.3. The first kappa shape index (κ1) is 12.1. The second-order valence-electron chi connectivity index (χ2n) is 3.60. The van der Waals surface area contributed by atoms with Crippen molar-refractivity contribution in [2.75, 3.05) is 6.54 Å². The standard InChI is InChI=1S/C10H6F2N2O4/c11-8(12)4-13-9(15)6-2-1-5(14(17)18)3-7(6)10(13)16/h1-3,8H,4H2. The molecule has 1 aliphatic heterocycles. The fourth-order valence-electron chi connectivity index (χ4n) is 1.70. The SMILES string of the molecule is O=C1c2ccc([N+](=O)[O-])cc2C(=O)N1CC(F)F. The molecule has 0 aromatic heterocycles. The highest BCUT2D eigenvalue weighted by molar-refractivity contribution is 6.21. The molecular weight excluding hydrogens is 250 g/mol. The van der Waals surface area contributed by atoms with Crippen molar-refractivity contribution in [3.05, 3.63) is 39.4 Å². The molecule has 18 heavy (non-hydrogen) atoms. The Morgan fingerprint density at radius 1 is 1.22 bits per heavy atom. The summed E-state index contributed by atoms with van der Waals surface area (Å²) in [5.74, 6) is -1.79. The monoisotopic (exact) mass is 256 g/mol. The number of alkyl halides is 2. The Bertz CT molecular complexity index is 559. The van der Waals surface area contributed by atoms with E-state index in [1.54, 1.807) is 0 Å². The topological polar surface area (TPSA) is 80.5 Å². The maximum Gasteiger partial charge on any atom is 0.270 e. The van der Waals surface area contributed by atoms with Crippen molar-refractivity contribution in [2.24, 2.45) is 0 Å². The number of hydrogen-bond acceptors (Lipinski definition) is 4. The maximum absolute atomic E-state index is 12.2. The largest absolute Gasteiger partial charge is 0.270 e. The van der Waals surface area contributed by atoms with Gasteiger partial charge in [0.15, 0.2) is 0 Å². The molecule has 0 radical (unpaired) electrons. The van der Waals surface area contributed by atoms with E-state index in [0.29, 0.717) is 4.90 Å². The van der Waals surface area contributed by atoms with Gasteiger partial charge in [-0.2, -0.15) is 0 Å². The van der Waals surface area contributed by atoms with Gasteiger partial charge in [0.1, 0.15) is 0 Å². The average Bonchev–Trinajstić information content (AvgIpc) is 2.53. The quantitative estimate of drug-likeness (QED) is 0.465. The van der Waals surface area contributed by atoms with Crippen LogP contribution in [0.15, 0.2) is 18.2 Å². The van der Waals surface area contributed by atoms with Crippen LogP contribution in [-0.4, -0.2) is 34.6 Å². The van der Waals surface area contributed by atoms with Crippen LogP contribution in [0.2, 0.25) is 0 Å². The van der Waals surface area contributed by atoms with E-state index in [1.165, 1.54) is 0 Å². The summed E-state index contributed by atoms with van der Waals surface area (Å²) < 4.78 is 24.4. The molecule has 0 spiro atoms. The van der Waals surface area contributed by atoms with Crippen LogP contribution in [-0.2, 0) is 0 Å². The minimum atomic E-state index is -2.85. The number of carbonyl (C=O) groups excluding carboxylic acids is 2. The van der Waals surface area contributed by atoms with Gasteiger partial charge in [0, 0.05) is 12.1 Å². The molecule has 2 rings (SSSR count). The molecule has 0 saturated carbocycles. The van der Waals surface area contributed by atoms with Gasteiger partial charge in [-0.15, -0.1) is 0 Å². The van der Waals surface area contributed by atoms with E-state index in [1.807, 2.05) is 0 Å². The van der Waals surface area contributed by atoms with Crippen LogP contribution in [0.3, 0.4) is 0 Å². The van der Waals surface area contributed by atoms with Gasteiger partial charge >= 0.3 is 0 Å². The third-order valence-corrected chi connectivity index (χ3v) is 2.49. The number of benzene rings is 1. The Labute approximate surface area is 99.0 Å². The normalized spacial score (nSPS) is 14.3. The molecule has 1 aromatic carbocycles. The van der Waals surface area contributed by atoms with Gasteiger partial charge in [-0.05, 0) is 6.07 Å². The Kier molecular flexibility index (Phi) is 2.77. The lowest BCUT2D eigenvalue weighted by Crippen LogP contribution is -2.34. The lowest BCUT2D eigenvalue weighted by Gasteiger charge is -2.11. The smallest absolute Gasteiger partial charge is 0.269 e. The molecule has 0 atom stereocenters. The van der Waals surface area contributed by atoms with Crippen LogP contribution in [0, 0.1) is 10.1 Å². The van der Waals surface area contributed by atoms with Crippen LogP contribution in [0.1, 0.15) is 20.7 Å². The van der Waals surface area contributed by atoms with Crippen LogP contribution in [0.25, 0.3) is 0 Å². The number of imide groups is 1. The zero-order valence-corrected chi connectivity index (χ0v) is 8.80. The number of amides is 2. The third-order valence-electron chi connectivity index (χ3n) is 2.49. The van der Waals surface area contributed by atoms with Crippen molar-refractivity contribution >= 4 is 17.5 Å². The number of nitrogens with zero attached hydrogens (tertiary/aromatic N) is 2. The number of non-ortho nitro benzene ring substituents is 1. The van der Waals surface area contributed by atoms with Crippen LogP contribution >= 0.6 is 0 Å². The van der Waals surface area contributed by atoms with Crippen molar-refractivity contribution in [3.8, 4) is 0 Å². The molecule has 0 unspecified atom stereocenters. The van der Waals surface area contributed by atoms with E-state index in [4.69, 9.17) is 0 Å². The van der Waals surface area contributed by atoms with Gasteiger partial charge in [0.25, 0.3) is 23.9 Å². The first-order chi connectivity index (χ1) is 8.41. The number of halogens is 2. The van der Waals surface area contributed by atoms with Crippen LogP contribution in [0.4, 0.5) is 14.5 Å². The summed E-state index contributed by atoms with van der Waals surface area (Å²) in [5, 5.41) is 10.5. The molecule has 6 nitrogen and oxygen atoms in total. The number of carbonyl (C=O) groups is 2. The third kappa shape index (κ3) is 1.81. The molecule has 0 bridgehead atoms. The molecule has 1 aliphatic rings. The Morgan fingerprint density at radius 2 is 1.83 bits per heavy atom. The average molecular weight is 256 g/mol. The molecule has 0 saturated heterocycles. The summed E-state index contributed by atoms with van der Waals surface area (Å²) >= 11 is 0. The van der Waals surface area contributed by atoms with E-state index in [-0.39, 0.29) is 16.8 Å². The predicted octanol–water partition coefficient (Wildman–Crippen LogP) is 1.46. The highest BCUT2D eigenvalue weighted by Crippen LogP contribution is 2.27. The summed E-state index contributed by atoms with van der Waals surface area (Å²) in [4.78, 5) is 33.5. The second-order valence-corrected chi connectivity index (χ2v) is 3.60. The van der Waals surface area contributed by atoms with Crippen molar-refractivity contribution in [1.82, 2.24) is 4.90 Å². The number of nitro groups is 1. The maximum atomic E-state index is 12.2. The Morgan fingerprint density at radius 3 is 2.39 bits per heavy atom. The van der Waals surface area contributed by atoms with Crippen LogP contribution < -0.4 is 0 Å². The minimum Gasteiger partial charge on any atom is -0.269 e. The van der Waals surface area contributed by atoms with E-state index in [2.05, 4.69) is 0 Å². The Hall–Kier alpha value is -2.38. The molecule has 2 amide bonds. The first-order valence-corrected chi connectivity index (χ1v) is 4.84. The van der Waals surface area contributed by atoms with E-state index in [0.717, 1.165) is 18.2 Å². The fourth-order valence-corrected chi connectivity index (χ4v) is 1.70. The second kappa shape index (κ2) is 4.13. The van der Waals surface area contributed by atoms with Gasteiger partial charge in [0.05, 0.1) is 22.6 Å². The molecular formula is C10H6F2N2O4. The molecule has 0 N–H and O–H groups in total. The van der Waals surface area contributed by atoms with Crippen molar-refractivity contribution < 1.29 is 23.3 Å². The fraction of sp³-hybridized carbons (Fsp3) is 0.200.